The second-order valence-electron chi connectivity index (χ2n) is 5.56. The molecule has 25 heavy (non-hydrogen) atoms. The molecule has 0 fully saturated rings. The first-order chi connectivity index (χ1) is 12.1. The van der Waals surface area contributed by atoms with Crippen molar-refractivity contribution in [1.82, 2.24) is 14.8 Å². The Morgan fingerprint density at radius 2 is 1.80 bits per heavy atom. The molecular formula is C19H18ClN3OS. The lowest BCUT2D eigenvalue weighted by atomic mass is 10.2. The van der Waals surface area contributed by atoms with Crippen LogP contribution in [0, 0.1) is 0 Å². The third-order valence-corrected chi connectivity index (χ3v) is 5.18. The topological polar surface area (TPSA) is 47.8 Å². The minimum Gasteiger partial charge on any atom is -0.298 e. The van der Waals surface area contributed by atoms with Crippen molar-refractivity contribution in [2.45, 2.75) is 30.7 Å². The number of thioether (sulfide) groups is 1. The largest absolute Gasteiger partial charge is 0.298 e. The van der Waals surface area contributed by atoms with Crippen LogP contribution in [0.3, 0.4) is 0 Å². The molecule has 3 aromatic rings. The fourth-order valence-electron chi connectivity index (χ4n) is 2.45. The fourth-order valence-corrected chi connectivity index (χ4v) is 3.58. The Morgan fingerprint density at radius 3 is 2.44 bits per heavy atom. The Hall–Kier alpha value is -2.11. The van der Waals surface area contributed by atoms with Gasteiger partial charge in [0.15, 0.2) is 11.0 Å². The number of ketones is 1. The van der Waals surface area contributed by atoms with Crippen LogP contribution in [0.5, 0.6) is 0 Å². The summed E-state index contributed by atoms with van der Waals surface area (Å²) in [6, 6.07) is 17.4. The van der Waals surface area contributed by atoms with Gasteiger partial charge in [-0.1, -0.05) is 48.5 Å². The molecular weight excluding hydrogens is 354 g/mol. The molecule has 0 amide bonds. The number of nitrogens with zero attached hydrogens (tertiary/aromatic N) is 3. The summed E-state index contributed by atoms with van der Waals surface area (Å²) in [4.78, 5) is 12.0. The maximum atomic E-state index is 12.0. The zero-order chi connectivity index (χ0) is 17.8. The van der Waals surface area contributed by atoms with Crippen molar-refractivity contribution in [2.75, 3.05) is 0 Å². The highest BCUT2D eigenvalue weighted by molar-refractivity contribution is 8.00. The third kappa shape index (κ3) is 3.94. The molecule has 0 spiro atoms. The van der Waals surface area contributed by atoms with Gasteiger partial charge in [0.25, 0.3) is 0 Å². The molecule has 0 aliphatic rings. The lowest BCUT2D eigenvalue weighted by Crippen LogP contribution is -2.12. The van der Waals surface area contributed by atoms with Crippen LogP contribution in [0.2, 0.25) is 5.02 Å². The first-order valence-electron chi connectivity index (χ1n) is 8.06. The molecule has 1 aromatic heterocycles. The van der Waals surface area contributed by atoms with Crippen LogP contribution in [0.1, 0.15) is 20.3 Å². The summed E-state index contributed by atoms with van der Waals surface area (Å²) in [5.74, 6) is 0.919. The monoisotopic (exact) mass is 371 g/mol. The highest BCUT2D eigenvalue weighted by Crippen LogP contribution is 2.31. The van der Waals surface area contributed by atoms with E-state index in [1.165, 1.54) is 11.8 Å². The van der Waals surface area contributed by atoms with Gasteiger partial charge in [0.2, 0.25) is 0 Å². The maximum Gasteiger partial charge on any atom is 0.196 e. The third-order valence-electron chi connectivity index (χ3n) is 3.83. The van der Waals surface area contributed by atoms with Gasteiger partial charge in [0.1, 0.15) is 5.78 Å². The van der Waals surface area contributed by atoms with Crippen LogP contribution in [0.15, 0.2) is 59.8 Å². The molecule has 1 heterocycles. The van der Waals surface area contributed by atoms with Gasteiger partial charge in [-0.25, -0.2) is 0 Å². The van der Waals surface area contributed by atoms with Crippen molar-refractivity contribution >= 4 is 29.1 Å². The number of hydrogen-bond acceptors (Lipinski definition) is 4. The predicted molar refractivity (Wildman–Crippen MR) is 102 cm³/mol. The minimum absolute atomic E-state index is 0.172. The number of para-hydroxylation sites is 1. The van der Waals surface area contributed by atoms with Gasteiger partial charge >= 0.3 is 0 Å². The summed E-state index contributed by atoms with van der Waals surface area (Å²) in [7, 11) is 0. The number of benzene rings is 2. The van der Waals surface area contributed by atoms with E-state index in [9.17, 15) is 4.79 Å². The molecule has 128 valence electrons. The zero-order valence-electron chi connectivity index (χ0n) is 14.0. The van der Waals surface area contributed by atoms with Crippen molar-refractivity contribution in [1.29, 1.82) is 0 Å². The Balaban J connectivity index is 2.07. The van der Waals surface area contributed by atoms with Gasteiger partial charge in [-0.15, -0.1) is 10.2 Å². The van der Waals surface area contributed by atoms with Crippen LogP contribution >= 0.6 is 23.4 Å². The van der Waals surface area contributed by atoms with Gasteiger partial charge in [0, 0.05) is 22.7 Å². The number of Topliss-reactive ketones (excluding diaryl/α,β-unsaturated/α-hetero) is 1. The average molecular weight is 372 g/mol. The lowest BCUT2D eigenvalue weighted by Gasteiger charge is -2.12. The van der Waals surface area contributed by atoms with Crippen LogP contribution in [0.25, 0.3) is 17.1 Å². The fraction of sp³-hybridized carbons (Fsp3) is 0.211. The predicted octanol–water partition coefficient (Wildman–Crippen LogP) is 5.05. The van der Waals surface area contributed by atoms with E-state index in [0.29, 0.717) is 16.6 Å². The molecule has 2 aromatic carbocycles. The van der Waals surface area contributed by atoms with Crippen LogP contribution in [-0.2, 0) is 4.79 Å². The number of rotatable bonds is 6. The van der Waals surface area contributed by atoms with Gasteiger partial charge < -0.3 is 0 Å². The first-order valence-corrected chi connectivity index (χ1v) is 9.32. The van der Waals surface area contributed by atoms with Gasteiger partial charge in [-0.3, -0.25) is 9.36 Å². The van der Waals surface area contributed by atoms with E-state index in [-0.39, 0.29) is 11.0 Å². The maximum absolute atomic E-state index is 12.0. The van der Waals surface area contributed by atoms with Gasteiger partial charge in [0.05, 0.1) is 5.25 Å². The zero-order valence-corrected chi connectivity index (χ0v) is 15.6. The molecule has 1 atom stereocenters. The second kappa shape index (κ2) is 7.85. The summed E-state index contributed by atoms with van der Waals surface area (Å²) in [5.41, 5.74) is 1.87. The summed E-state index contributed by atoms with van der Waals surface area (Å²) in [5, 5.41) is 9.91. The molecule has 3 rings (SSSR count). The van der Waals surface area contributed by atoms with Crippen LogP contribution in [0.4, 0.5) is 0 Å². The van der Waals surface area contributed by atoms with Crippen molar-refractivity contribution in [3.05, 3.63) is 59.6 Å². The number of aromatic nitrogens is 3. The van der Waals surface area contributed by atoms with E-state index in [4.69, 9.17) is 11.6 Å². The summed E-state index contributed by atoms with van der Waals surface area (Å²) < 4.78 is 1.98. The molecule has 0 aliphatic heterocycles. The van der Waals surface area contributed by atoms with Crippen molar-refractivity contribution in [3.8, 4) is 17.1 Å². The van der Waals surface area contributed by atoms with E-state index < -0.39 is 0 Å². The van der Waals surface area contributed by atoms with Crippen molar-refractivity contribution in [2.24, 2.45) is 0 Å². The van der Waals surface area contributed by atoms with Crippen molar-refractivity contribution < 1.29 is 4.79 Å². The lowest BCUT2D eigenvalue weighted by molar-refractivity contribution is -0.118. The van der Waals surface area contributed by atoms with Gasteiger partial charge in [-0.05, 0) is 43.3 Å². The quantitative estimate of drug-likeness (QED) is 0.569. The summed E-state index contributed by atoms with van der Waals surface area (Å²) in [6.07, 6.45) is 0.512. The first kappa shape index (κ1) is 17.7. The van der Waals surface area contributed by atoms with Crippen molar-refractivity contribution in [3.63, 3.8) is 0 Å². The standard InChI is InChI=1S/C19H18ClN3OS/c1-3-17(24)13(2)25-19-22-21-18(14-9-11-15(20)12-10-14)23(19)16-7-5-4-6-8-16/h4-13H,3H2,1-2H3. The molecule has 0 bridgehead atoms. The molecule has 0 saturated heterocycles. The number of halogens is 1. The smallest absolute Gasteiger partial charge is 0.196 e. The minimum atomic E-state index is -0.172. The second-order valence-corrected chi connectivity index (χ2v) is 7.31. The summed E-state index contributed by atoms with van der Waals surface area (Å²) in [6.45, 7) is 3.78. The van der Waals surface area contributed by atoms with E-state index >= 15 is 0 Å². The molecule has 4 nitrogen and oxygen atoms in total. The Bertz CT molecular complexity index is 862. The Kier molecular flexibility index (Phi) is 5.56. The molecule has 0 aliphatic carbocycles. The molecule has 6 heteroatoms. The van der Waals surface area contributed by atoms with Crippen LogP contribution in [-0.4, -0.2) is 25.8 Å². The Morgan fingerprint density at radius 1 is 1.12 bits per heavy atom. The van der Waals surface area contributed by atoms with Crippen LogP contribution < -0.4 is 0 Å². The molecule has 0 N–H and O–H groups in total. The van der Waals surface area contributed by atoms with E-state index in [1.54, 1.807) is 0 Å². The highest BCUT2D eigenvalue weighted by Gasteiger charge is 2.20. The summed E-state index contributed by atoms with van der Waals surface area (Å²) >= 11 is 7.43. The van der Waals surface area contributed by atoms with E-state index in [0.717, 1.165) is 17.1 Å². The molecule has 0 radical (unpaired) electrons. The molecule has 0 saturated carbocycles. The van der Waals surface area contributed by atoms with E-state index in [2.05, 4.69) is 10.2 Å². The highest BCUT2D eigenvalue weighted by atomic mass is 35.5. The average Bonchev–Trinajstić information content (AvgIpc) is 3.05. The van der Waals surface area contributed by atoms with E-state index in [1.807, 2.05) is 73.0 Å². The van der Waals surface area contributed by atoms with Gasteiger partial charge in [-0.2, -0.15) is 0 Å². The molecule has 1 unspecified atom stereocenters. The number of hydrogen-bond donors (Lipinski definition) is 0. The Labute approximate surface area is 156 Å². The number of carbonyl (C=O) groups excluding carboxylic acids is 1. The normalized spacial score (nSPS) is 12.1. The number of carbonyl (C=O) groups is 1. The SMILES string of the molecule is CCC(=O)C(C)Sc1nnc(-c2ccc(Cl)cc2)n1-c1ccccc1.